The summed E-state index contributed by atoms with van der Waals surface area (Å²) >= 11 is 0. The van der Waals surface area contributed by atoms with E-state index in [0.717, 1.165) is 30.8 Å². The normalized spacial score (nSPS) is 13.2. The predicted molar refractivity (Wildman–Crippen MR) is 90.3 cm³/mol. The van der Waals surface area contributed by atoms with Gasteiger partial charge in [0.25, 0.3) is 0 Å². The maximum absolute atomic E-state index is 3.64. The molecule has 20 heavy (non-hydrogen) atoms. The van der Waals surface area contributed by atoms with Gasteiger partial charge in [0.1, 0.15) is 0 Å². The number of benzene rings is 1. The molecule has 1 atom stereocenters. The Morgan fingerprint density at radius 1 is 0.850 bits per heavy atom. The van der Waals surface area contributed by atoms with E-state index in [9.17, 15) is 0 Å². The number of hydrogen-bond acceptors (Lipinski definition) is 1. The van der Waals surface area contributed by atoms with E-state index in [2.05, 4.69) is 65.1 Å². The van der Waals surface area contributed by atoms with Crippen LogP contribution >= 0.6 is 0 Å². The summed E-state index contributed by atoms with van der Waals surface area (Å²) in [6.07, 6.45) is 2.50. The van der Waals surface area contributed by atoms with Crippen LogP contribution in [0.3, 0.4) is 0 Å². The van der Waals surface area contributed by atoms with Crippen LogP contribution < -0.4 is 5.32 Å². The zero-order valence-corrected chi connectivity index (χ0v) is 14.3. The van der Waals surface area contributed by atoms with Gasteiger partial charge in [0.05, 0.1) is 0 Å². The van der Waals surface area contributed by atoms with Crippen molar-refractivity contribution in [2.45, 2.75) is 54.4 Å². The van der Waals surface area contributed by atoms with E-state index in [0.29, 0.717) is 0 Å². The van der Waals surface area contributed by atoms with Crippen LogP contribution in [-0.2, 0) is 6.42 Å². The summed E-state index contributed by atoms with van der Waals surface area (Å²) in [6, 6.07) is 6.96. The standard InChI is InChI=1S/C19H33N/c1-14(2)7-19(13-20-12-15(3)4)11-18-9-16(5)8-17(6)10-18/h8-10,14-15,19-20H,7,11-13H2,1-6H3. The van der Waals surface area contributed by atoms with Crippen molar-refractivity contribution in [3.05, 3.63) is 34.9 Å². The lowest BCUT2D eigenvalue weighted by molar-refractivity contribution is 0.376. The molecule has 1 nitrogen and oxygen atoms in total. The number of rotatable bonds is 8. The van der Waals surface area contributed by atoms with E-state index in [1.54, 1.807) is 0 Å². The number of hydrogen-bond donors (Lipinski definition) is 1. The second kappa shape index (κ2) is 8.46. The summed E-state index contributed by atoms with van der Waals surface area (Å²) in [4.78, 5) is 0. The van der Waals surface area contributed by atoms with Gasteiger partial charge in [0.15, 0.2) is 0 Å². The third-order valence-corrected chi connectivity index (χ3v) is 3.60. The molecule has 1 aromatic carbocycles. The van der Waals surface area contributed by atoms with E-state index >= 15 is 0 Å². The zero-order valence-electron chi connectivity index (χ0n) is 14.3. The second-order valence-electron chi connectivity index (χ2n) is 7.25. The van der Waals surface area contributed by atoms with Crippen molar-refractivity contribution in [2.24, 2.45) is 17.8 Å². The van der Waals surface area contributed by atoms with Crippen molar-refractivity contribution < 1.29 is 0 Å². The maximum atomic E-state index is 3.64. The number of nitrogens with one attached hydrogen (secondary N) is 1. The van der Waals surface area contributed by atoms with Crippen molar-refractivity contribution in [3.8, 4) is 0 Å². The molecule has 1 rings (SSSR count). The summed E-state index contributed by atoms with van der Waals surface area (Å²) in [6.45, 7) is 15.9. The molecule has 1 heteroatoms. The molecule has 0 heterocycles. The Morgan fingerprint density at radius 3 is 1.95 bits per heavy atom. The van der Waals surface area contributed by atoms with Gasteiger partial charge in [-0.25, -0.2) is 0 Å². The van der Waals surface area contributed by atoms with Gasteiger partial charge < -0.3 is 5.32 Å². The van der Waals surface area contributed by atoms with E-state index in [-0.39, 0.29) is 0 Å². The Balaban J connectivity index is 2.62. The molecule has 0 bridgehead atoms. The lowest BCUT2D eigenvalue weighted by Gasteiger charge is -2.21. The molecule has 0 aliphatic heterocycles. The lowest BCUT2D eigenvalue weighted by Crippen LogP contribution is -2.28. The minimum atomic E-state index is 0.732. The largest absolute Gasteiger partial charge is 0.316 e. The average Bonchev–Trinajstić information content (AvgIpc) is 2.25. The molecule has 0 aliphatic carbocycles. The van der Waals surface area contributed by atoms with E-state index in [4.69, 9.17) is 0 Å². The van der Waals surface area contributed by atoms with Gasteiger partial charge in [-0.2, -0.15) is 0 Å². The molecule has 1 unspecified atom stereocenters. The summed E-state index contributed by atoms with van der Waals surface area (Å²) in [5.74, 6) is 2.25. The molecule has 1 N–H and O–H groups in total. The fourth-order valence-corrected chi connectivity index (χ4v) is 3.00. The molecule has 0 fully saturated rings. The molecule has 0 aromatic heterocycles. The monoisotopic (exact) mass is 275 g/mol. The summed E-state index contributed by atoms with van der Waals surface area (Å²) in [5, 5.41) is 3.64. The third-order valence-electron chi connectivity index (χ3n) is 3.60. The minimum Gasteiger partial charge on any atom is -0.316 e. The van der Waals surface area contributed by atoms with E-state index < -0.39 is 0 Å². The van der Waals surface area contributed by atoms with Crippen molar-refractivity contribution in [2.75, 3.05) is 13.1 Å². The predicted octanol–water partition coefficient (Wildman–Crippen LogP) is 4.75. The Bertz CT molecular complexity index is 373. The van der Waals surface area contributed by atoms with Crippen LogP contribution in [0.25, 0.3) is 0 Å². The average molecular weight is 275 g/mol. The van der Waals surface area contributed by atoms with E-state index in [1.807, 2.05) is 0 Å². The smallest absolute Gasteiger partial charge is 0.00171 e. The molecule has 0 radical (unpaired) electrons. The summed E-state index contributed by atoms with van der Waals surface area (Å²) in [5.41, 5.74) is 4.27. The SMILES string of the molecule is Cc1cc(C)cc(CC(CNCC(C)C)CC(C)C)c1. The molecule has 0 saturated carbocycles. The fraction of sp³-hybridized carbons (Fsp3) is 0.684. The van der Waals surface area contributed by atoms with Crippen molar-refractivity contribution in [1.29, 1.82) is 0 Å². The van der Waals surface area contributed by atoms with Gasteiger partial charge in [0.2, 0.25) is 0 Å². The highest BCUT2D eigenvalue weighted by Crippen LogP contribution is 2.19. The van der Waals surface area contributed by atoms with Crippen LogP contribution in [0.5, 0.6) is 0 Å². The molecule has 0 saturated heterocycles. The Morgan fingerprint density at radius 2 is 1.45 bits per heavy atom. The molecule has 114 valence electrons. The molecular weight excluding hydrogens is 242 g/mol. The highest BCUT2D eigenvalue weighted by molar-refractivity contribution is 5.28. The first-order valence-electron chi connectivity index (χ1n) is 8.14. The Kier molecular flexibility index (Phi) is 7.29. The maximum Gasteiger partial charge on any atom is -0.00171 e. The van der Waals surface area contributed by atoms with Crippen molar-refractivity contribution in [3.63, 3.8) is 0 Å². The van der Waals surface area contributed by atoms with Crippen LogP contribution in [-0.4, -0.2) is 13.1 Å². The van der Waals surface area contributed by atoms with Crippen molar-refractivity contribution >= 4 is 0 Å². The van der Waals surface area contributed by atoms with Crippen LogP contribution in [0.1, 0.15) is 50.8 Å². The Labute approximate surface area is 126 Å². The van der Waals surface area contributed by atoms with Gasteiger partial charge >= 0.3 is 0 Å². The minimum absolute atomic E-state index is 0.732. The van der Waals surface area contributed by atoms with Gasteiger partial charge in [-0.3, -0.25) is 0 Å². The molecule has 0 amide bonds. The van der Waals surface area contributed by atoms with Crippen molar-refractivity contribution in [1.82, 2.24) is 5.32 Å². The first-order chi connectivity index (χ1) is 9.36. The van der Waals surface area contributed by atoms with Gasteiger partial charge in [-0.05, 0) is 63.1 Å². The highest BCUT2D eigenvalue weighted by atomic mass is 14.9. The molecule has 1 aromatic rings. The quantitative estimate of drug-likeness (QED) is 0.721. The first-order valence-corrected chi connectivity index (χ1v) is 8.14. The van der Waals surface area contributed by atoms with Crippen LogP contribution in [0.15, 0.2) is 18.2 Å². The summed E-state index contributed by atoms with van der Waals surface area (Å²) < 4.78 is 0. The van der Waals surface area contributed by atoms with Gasteiger partial charge in [0, 0.05) is 0 Å². The van der Waals surface area contributed by atoms with Crippen LogP contribution in [0.2, 0.25) is 0 Å². The van der Waals surface area contributed by atoms with Gasteiger partial charge in [-0.1, -0.05) is 57.0 Å². The van der Waals surface area contributed by atoms with E-state index in [1.165, 1.54) is 29.5 Å². The van der Waals surface area contributed by atoms with Gasteiger partial charge in [-0.15, -0.1) is 0 Å². The lowest BCUT2D eigenvalue weighted by atomic mass is 9.89. The van der Waals surface area contributed by atoms with Crippen LogP contribution in [0.4, 0.5) is 0 Å². The summed E-state index contributed by atoms with van der Waals surface area (Å²) in [7, 11) is 0. The highest BCUT2D eigenvalue weighted by Gasteiger charge is 2.12. The fourth-order valence-electron chi connectivity index (χ4n) is 3.00. The number of aryl methyl sites for hydroxylation is 2. The molecule has 0 spiro atoms. The Hall–Kier alpha value is -0.820. The second-order valence-corrected chi connectivity index (χ2v) is 7.25. The molecule has 0 aliphatic rings. The third kappa shape index (κ3) is 7.09. The topological polar surface area (TPSA) is 12.0 Å². The van der Waals surface area contributed by atoms with Crippen LogP contribution in [0, 0.1) is 31.6 Å². The zero-order chi connectivity index (χ0) is 15.1. The molecular formula is C19H33N. The first kappa shape index (κ1) is 17.2.